The number of hydrogen-bond donors (Lipinski definition) is 2. The van der Waals surface area contributed by atoms with Crippen molar-refractivity contribution in [3.05, 3.63) is 71.8 Å². The summed E-state index contributed by atoms with van der Waals surface area (Å²) in [5.74, 6) is 0.0637. The van der Waals surface area contributed by atoms with Crippen LogP contribution in [0.15, 0.2) is 65.7 Å². The summed E-state index contributed by atoms with van der Waals surface area (Å²) in [6, 6.07) is 19.1. The molecule has 0 saturated carbocycles. The van der Waals surface area contributed by atoms with Crippen molar-refractivity contribution >= 4 is 45.4 Å². The molecule has 0 unspecified atom stereocenters. The Morgan fingerprint density at radius 1 is 1.10 bits per heavy atom. The van der Waals surface area contributed by atoms with Crippen LogP contribution in [0.3, 0.4) is 0 Å². The number of hydrogen-bond acceptors (Lipinski definition) is 3. The van der Waals surface area contributed by atoms with Gasteiger partial charge in [-0.3, -0.25) is 4.79 Å². The Labute approximate surface area is 174 Å². The van der Waals surface area contributed by atoms with Crippen LogP contribution in [0.1, 0.15) is 24.5 Å². The number of phenols is 1. The highest BCUT2D eigenvalue weighted by Crippen LogP contribution is 2.29. The lowest BCUT2D eigenvalue weighted by Gasteiger charge is -2.15. The van der Waals surface area contributed by atoms with Gasteiger partial charge in [0.15, 0.2) is 5.11 Å². The maximum Gasteiger partial charge on any atom is 0.277 e. The Kier molecular flexibility index (Phi) is 5.27. The first kappa shape index (κ1) is 19.1. The first-order valence-corrected chi connectivity index (χ1v) is 9.97. The van der Waals surface area contributed by atoms with Crippen molar-refractivity contribution < 1.29 is 9.90 Å². The van der Waals surface area contributed by atoms with E-state index in [1.807, 2.05) is 61.5 Å². The van der Waals surface area contributed by atoms with E-state index in [0.717, 1.165) is 34.0 Å². The van der Waals surface area contributed by atoms with E-state index in [2.05, 4.69) is 10.3 Å². The lowest BCUT2D eigenvalue weighted by molar-refractivity contribution is -0.112. The lowest BCUT2D eigenvalue weighted by Crippen LogP contribution is -2.32. The Morgan fingerprint density at radius 3 is 2.55 bits per heavy atom. The monoisotopic (exact) mass is 403 g/mol. The van der Waals surface area contributed by atoms with Crippen molar-refractivity contribution in [3.8, 4) is 5.75 Å². The fraction of sp³-hybridized carbons (Fsp3) is 0.174. The molecule has 0 radical (unpaired) electrons. The topological polar surface area (TPSA) is 64.9 Å². The fourth-order valence-corrected chi connectivity index (χ4v) is 3.71. The molecule has 0 aromatic heterocycles. The second-order valence-corrected chi connectivity index (χ2v) is 7.31. The number of benzene rings is 3. The number of anilines is 1. The fourth-order valence-electron chi connectivity index (χ4n) is 3.54. The number of carbonyl (C=O) groups is 1. The third kappa shape index (κ3) is 3.71. The maximum atomic E-state index is 12.8. The van der Waals surface area contributed by atoms with Crippen LogP contribution in [0.4, 0.5) is 5.69 Å². The number of thiocarbonyl (C=S) groups is 1. The molecule has 1 amide bonds. The first-order chi connectivity index (χ1) is 14.1. The number of para-hydroxylation sites is 1. The molecule has 1 heterocycles. The molecule has 6 heteroatoms. The summed E-state index contributed by atoms with van der Waals surface area (Å²) in [7, 11) is 0. The zero-order valence-corrected chi connectivity index (χ0v) is 16.9. The van der Waals surface area contributed by atoms with Gasteiger partial charge in [0, 0.05) is 24.2 Å². The average Bonchev–Trinajstić information content (AvgIpc) is 2.98. The van der Waals surface area contributed by atoms with Gasteiger partial charge in [0.05, 0.1) is 5.69 Å². The average molecular weight is 404 g/mol. The zero-order chi connectivity index (χ0) is 20.4. The van der Waals surface area contributed by atoms with Crippen molar-refractivity contribution in [2.75, 3.05) is 11.4 Å². The molecular weight excluding hydrogens is 382 g/mol. The highest BCUT2D eigenvalue weighted by Gasteiger charge is 2.33. The van der Waals surface area contributed by atoms with Gasteiger partial charge in [-0.25, -0.2) is 4.99 Å². The van der Waals surface area contributed by atoms with E-state index in [1.54, 1.807) is 11.0 Å². The van der Waals surface area contributed by atoms with Gasteiger partial charge in [0.2, 0.25) is 0 Å². The minimum absolute atomic E-state index is 0.134. The van der Waals surface area contributed by atoms with Crippen LogP contribution in [-0.2, 0) is 11.3 Å². The third-order valence-corrected chi connectivity index (χ3v) is 5.17. The predicted octanol–water partition coefficient (Wildman–Crippen LogP) is 4.17. The quantitative estimate of drug-likeness (QED) is 0.642. The van der Waals surface area contributed by atoms with Crippen LogP contribution in [-0.4, -0.2) is 28.4 Å². The van der Waals surface area contributed by atoms with Crippen LogP contribution in [0, 0.1) is 0 Å². The van der Waals surface area contributed by atoms with E-state index in [0.29, 0.717) is 18.8 Å². The summed E-state index contributed by atoms with van der Waals surface area (Å²) in [6.45, 7) is 2.99. The van der Waals surface area contributed by atoms with Crippen LogP contribution in [0.2, 0.25) is 0 Å². The van der Waals surface area contributed by atoms with E-state index < -0.39 is 0 Å². The number of fused-ring (bicyclic) bond motifs is 2. The van der Waals surface area contributed by atoms with Crippen LogP contribution >= 0.6 is 12.2 Å². The highest BCUT2D eigenvalue weighted by molar-refractivity contribution is 7.80. The minimum atomic E-state index is -0.134. The molecule has 0 saturated heterocycles. The Morgan fingerprint density at radius 2 is 1.79 bits per heavy atom. The van der Waals surface area contributed by atoms with Gasteiger partial charge in [0.25, 0.3) is 5.91 Å². The molecule has 0 fully saturated rings. The number of nitrogens with zero attached hydrogens (tertiary/aromatic N) is 2. The van der Waals surface area contributed by atoms with Crippen LogP contribution in [0.5, 0.6) is 5.75 Å². The number of phenolic OH excluding ortho intramolecular Hbond substituents is 1. The van der Waals surface area contributed by atoms with Crippen molar-refractivity contribution in [2.24, 2.45) is 4.99 Å². The van der Waals surface area contributed by atoms with E-state index in [1.165, 1.54) is 0 Å². The smallest absolute Gasteiger partial charge is 0.277 e. The number of rotatable bonds is 4. The molecule has 3 aromatic rings. The summed E-state index contributed by atoms with van der Waals surface area (Å²) in [5, 5.41) is 15.6. The molecule has 29 heavy (non-hydrogen) atoms. The lowest BCUT2D eigenvalue weighted by atomic mass is 10.1. The van der Waals surface area contributed by atoms with Crippen molar-refractivity contribution in [1.29, 1.82) is 0 Å². The van der Waals surface area contributed by atoms with Crippen molar-refractivity contribution in [2.45, 2.75) is 19.9 Å². The standard InChI is InChI=1S/C23H21N3O2S/c1-2-11-26-19-10-6-5-9-18(19)21(22(26)28)25-23(29)24-14-17-12-15-7-3-4-8-16(15)13-20(17)27/h3-10,12-13,27H,2,11,14H2,1H3,(H,24,29)/b25-21-. The van der Waals surface area contributed by atoms with Crippen molar-refractivity contribution in [3.63, 3.8) is 0 Å². The van der Waals surface area contributed by atoms with E-state index in [4.69, 9.17) is 12.2 Å². The van der Waals surface area contributed by atoms with Gasteiger partial charge in [-0.15, -0.1) is 0 Å². The zero-order valence-electron chi connectivity index (χ0n) is 16.1. The van der Waals surface area contributed by atoms with Gasteiger partial charge in [0.1, 0.15) is 11.5 Å². The molecule has 0 spiro atoms. The maximum absolute atomic E-state index is 12.8. The van der Waals surface area contributed by atoms with Crippen LogP contribution in [0.25, 0.3) is 10.8 Å². The van der Waals surface area contributed by atoms with Gasteiger partial charge >= 0.3 is 0 Å². The molecule has 0 atom stereocenters. The molecular formula is C23H21N3O2S. The Hall–Kier alpha value is -3.25. The van der Waals surface area contributed by atoms with E-state index in [-0.39, 0.29) is 16.8 Å². The molecule has 0 aliphatic carbocycles. The predicted molar refractivity (Wildman–Crippen MR) is 121 cm³/mol. The first-order valence-electron chi connectivity index (χ1n) is 9.57. The van der Waals surface area contributed by atoms with Gasteiger partial charge in [-0.2, -0.15) is 0 Å². The minimum Gasteiger partial charge on any atom is -0.508 e. The highest BCUT2D eigenvalue weighted by atomic mass is 32.1. The van der Waals surface area contributed by atoms with Crippen LogP contribution < -0.4 is 10.2 Å². The van der Waals surface area contributed by atoms with Gasteiger partial charge in [-0.1, -0.05) is 49.4 Å². The molecule has 1 aliphatic rings. The Bertz CT molecular complexity index is 1140. The van der Waals surface area contributed by atoms with E-state index >= 15 is 0 Å². The summed E-state index contributed by atoms with van der Waals surface area (Å²) < 4.78 is 0. The van der Waals surface area contributed by atoms with Gasteiger partial charge in [-0.05, 0) is 47.6 Å². The number of carbonyl (C=O) groups excluding carboxylic acids is 1. The normalized spacial score (nSPS) is 14.4. The second kappa shape index (κ2) is 8.01. The van der Waals surface area contributed by atoms with E-state index in [9.17, 15) is 9.90 Å². The molecule has 3 aromatic carbocycles. The summed E-state index contributed by atoms with van der Waals surface area (Å²) in [5.41, 5.74) is 2.74. The molecule has 5 nitrogen and oxygen atoms in total. The number of aromatic hydroxyl groups is 1. The third-order valence-electron chi connectivity index (χ3n) is 4.94. The molecule has 2 N–H and O–H groups in total. The number of aliphatic imine (C=N–C) groups is 1. The second-order valence-electron chi connectivity index (χ2n) is 6.92. The summed E-state index contributed by atoms with van der Waals surface area (Å²) in [6.07, 6.45) is 0.858. The molecule has 4 rings (SSSR count). The van der Waals surface area contributed by atoms with Crippen molar-refractivity contribution in [1.82, 2.24) is 5.32 Å². The van der Waals surface area contributed by atoms with Gasteiger partial charge < -0.3 is 15.3 Å². The Balaban J connectivity index is 1.54. The summed E-state index contributed by atoms with van der Waals surface area (Å²) >= 11 is 5.36. The molecule has 0 bridgehead atoms. The SMILES string of the molecule is CCCN1C(=O)/C(=N\C(=S)NCc2cc3ccccc3cc2O)c2ccccc21. The number of nitrogens with one attached hydrogen (secondary N) is 1. The summed E-state index contributed by atoms with van der Waals surface area (Å²) in [4.78, 5) is 19.0. The molecule has 1 aliphatic heterocycles. The largest absolute Gasteiger partial charge is 0.508 e. The molecule has 146 valence electrons. The number of amides is 1.